The second kappa shape index (κ2) is 5.09. The van der Waals surface area contributed by atoms with Crippen molar-refractivity contribution in [1.29, 1.82) is 0 Å². The molecule has 0 amide bonds. The van der Waals surface area contributed by atoms with E-state index in [9.17, 15) is 13.2 Å². The molecule has 2 N–H and O–H groups in total. The van der Waals surface area contributed by atoms with Crippen LogP contribution >= 0.6 is 0 Å². The van der Waals surface area contributed by atoms with Crippen LogP contribution in [0.2, 0.25) is 0 Å². The lowest BCUT2D eigenvalue weighted by molar-refractivity contribution is -0.276. The first-order chi connectivity index (χ1) is 7.91. The summed E-state index contributed by atoms with van der Waals surface area (Å²) in [4.78, 5) is 3.55. The van der Waals surface area contributed by atoms with E-state index in [0.717, 1.165) is 0 Å². The Labute approximate surface area is 95.3 Å². The number of aromatic nitrogens is 1. The van der Waals surface area contributed by atoms with E-state index in [0.29, 0.717) is 5.56 Å². The highest BCUT2D eigenvalue weighted by atomic mass is 19.4. The molecule has 96 valence electrons. The highest BCUT2D eigenvalue weighted by molar-refractivity contribution is 5.42. The number of methoxy groups -OCH3 is 2. The summed E-state index contributed by atoms with van der Waals surface area (Å²) in [5, 5.41) is 0. The molecule has 0 aliphatic heterocycles. The number of hydrogen-bond donors (Lipinski definition) is 1. The Morgan fingerprint density at radius 1 is 1.24 bits per heavy atom. The van der Waals surface area contributed by atoms with Gasteiger partial charge in [-0.25, -0.2) is 0 Å². The molecule has 5 nitrogen and oxygen atoms in total. The molecule has 1 rings (SSSR count). The Hall–Kier alpha value is -1.70. The zero-order valence-corrected chi connectivity index (χ0v) is 9.17. The molecule has 0 unspecified atom stereocenters. The van der Waals surface area contributed by atoms with E-state index in [1.54, 1.807) is 0 Å². The lowest BCUT2D eigenvalue weighted by atomic mass is 10.2. The molecule has 0 radical (unpaired) electrons. The van der Waals surface area contributed by atoms with E-state index in [1.807, 2.05) is 0 Å². The van der Waals surface area contributed by atoms with Crippen LogP contribution in [0.15, 0.2) is 6.07 Å². The molecule has 0 aromatic carbocycles. The van der Waals surface area contributed by atoms with Crippen LogP contribution in [0, 0.1) is 0 Å². The number of ether oxygens (including phenoxy) is 3. The second-order valence-electron chi connectivity index (χ2n) is 2.92. The van der Waals surface area contributed by atoms with Crippen LogP contribution < -0.4 is 19.9 Å². The first-order valence-electron chi connectivity index (χ1n) is 4.49. The van der Waals surface area contributed by atoms with Crippen molar-refractivity contribution in [3.05, 3.63) is 11.6 Å². The SMILES string of the molecule is COc1cc(CN)c(OC)nc1OC(F)(F)F. The largest absolute Gasteiger partial charge is 0.574 e. The summed E-state index contributed by atoms with van der Waals surface area (Å²) in [6.07, 6.45) is -4.85. The molecule has 0 aliphatic rings. The van der Waals surface area contributed by atoms with E-state index in [2.05, 4.69) is 9.72 Å². The van der Waals surface area contributed by atoms with Gasteiger partial charge in [-0.05, 0) is 6.07 Å². The zero-order valence-electron chi connectivity index (χ0n) is 9.17. The number of rotatable bonds is 4. The Kier molecular flexibility index (Phi) is 4.00. The van der Waals surface area contributed by atoms with Crippen molar-refractivity contribution in [1.82, 2.24) is 4.98 Å². The summed E-state index contributed by atoms with van der Waals surface area (Å²) < 4.78 is 49.5. The van der Waals surface area contributed by atoms with Crippen molar-refractivity contribution < 1.29 is 27.4 Å². The maximum absolute atomic E-state index is 12.1. The van der Waals surface area contributed by atoms with Crippen molar-refractivity contribution in [3.8, 4) is 17.5 Å². The third-order valence-electron chi connectivity index (χ3n) is 1.84. The van der Waals surface area contributed by atoms with Gasteiger partial charge in [-0.2, -0.15) is 4.98 Å². The molecule has 0 atom stereocenters. The second-order valence-corrected chi connectivity index (χ2v) is 2.92. The fraction of sp³-hybridized carbons (Fsp3) is 0.444. The van der Waals surface area contributed by atoms with Crippen molar-refractivity contribution in [2.75, 3.05) is 14.2 Å². The number of nitrogens with zero attached hydrogens (tertiary/aromatic N) is 1. The standard InChI is InChI=1S/C9H11F3N2O3/c1-15-6-3-5(4-13)7(16-2)14-8(6)17-9(10,11)12/h3H,4,13H2,1-2H3. The summed E-state index contributed by atoms with van der Waals surface area (Å²) in [5.74, 6) is -0.912. The van der Waals surface area contributed by atoms with Crippen LogP contribution in [0.1, 0.15) is 5.56 Å². The zero-order chi connectivity index (χ0) is 13.1. The highest BCUT2D eigenvalue weighted by Gasteiger charge is 2.34. The van der Waals surface area contributed by atoms with Gasteiger partial charge in [0.25, 0.3) is 5.88 Å². The molecule has 1 aromatic rings. The Morgan fingerprint density at radius 3 is 2.29 bits per heavy atom. The summed E-state index contributed by atoms with van der Waals surface area (Å²) in [6, 6.07) is 1.28. The fourth-order valence-corrected chi connectivity index (χ4v) is 1.15. The number of halogens is 3. The molecule has 8 heteroatoms. The van der Waals surface area contributed by atoms with Crippen LogP contribution in [-0.2, 0) is 6.54 Å². The third kappa shape index (κ3) is 3.38. The van der Waals surface area contributed by atoms with E-state index in [1.165, 1.54) is 20.3 Å². The topological polar surface area (TPSA) is 66.6 Å². The maximum Gasteiger partial charge on any atom is 0.574 e. The van der Waals surface area contributed by atoms with Gasteiger partial charge in [0, 0.05) is 12.1 Å². The first-order valence-corrected chi connectivity index (χ1v) is 4.49. The highest BCUT2D eigenvalue weighted by Crippen LogP contribution is 2.34. The van der Waals surface area contributed by atoms with Crippen molar-refractivity contribution in [2.24, 2.45) is 5.73 Å². The van der Waals surface area contributed by atoms with Gasteiger partial charge < -0.3 is 19.9 Å². The normalized spacial score (nSPS) is 11.2. The summed E-state index contributed by atoms with van der Waals surface area (Å²) in [7, 11) is 2.47. The number of pyridine rings is 1. The van der Waals surface area contributed by atoms with Crippen molar-refractivity contribution in [2.45, 2.75) is 12.9 Å². The predicted octanol–water partition coefficient (Wildman–Crippen LogP) is 1.46. The van der Waals surface area contributed by atoms with Gasteiger partial charge >= 0.3 is 6.36 Å². The van der Waals surface area contributed by atoms with Gasteiger partial charge in [0.2, 0.25) is 5.88 Å². The quantitative estimate of drug-likeness (QED) is 0.878. The third-order valence-corrected chi connectivity index (χ3v) is 1.84. The molecule has 0 saturated heterocycles. The molecule has 0 spiro atoms. The van der Waals surface area contributed by atoms with Crippen molar-refractivity contribution in [3.63, 3.8) is 0 Å². The number of hydrogen-bond acceptors (Lipinski definition) is 5. The molecule has 17 heavy (non-hydrogen) atoms. The fourth-order valence-electron chi connectivity index (χ4n) is 1.15. The Balaban J connectivity index is 3.19. The minimum atomic E-state index is -4.85. The van der Waals surface area contributed by atoms with Gasteiger partial charge in [-0.1, -0.05) is 0 Å². The number of nitrogens with two attached hydrogens (primary N) is 1. The molecular formula is C9H11F3N2O3. The average molecular weight is 252 g/mol. The Morgan fingerprint density at radius 2 is 1.88 bits per heavy atom. The maximum atomic E-state index is 12.1. The summed E-state index contributed by atoms with van der Waals surface area (Å²) in [6.45, 7) is 0.0544. The first kappa shape index (κ1) is 13.4. The minimum absolute atomic E-state index is 0.0347. The van der Waals surface area contributed by atoms with Gasteiger partial charge in [-0.15, -0.1) is 13.2 Å². The predicted molar refractivity (Wildman–Crippen MR) is 51.9 cm³/mol. The summed E-state index contributed by atoms with van der Waals surface area (Å²) >= 11 is 0. The average Bonchev–Trinajstić information content (AvgIpc) is 2.26. The Bertz CT molecular complexity index is 396. The van der Waals surface area contributed by atoms with Gasteiger partial charge in [0.05, 0.1) is 14.2 Å². The van der Waals surface area contributed by atoms with Crippen LogP contribution in [-0.4, -0.2) is 25.6 Å². The molecule has 1 heterocycles. The number of alkyl halides is 3. The van der Waals surface area contributed by atoms with Gasteiger partial charge in [-0.3, -0.25) is 0 Å². The van der Waals surface area contributed by atoms with E-state index < -0.39 is 12.2 Å². The lowest BCUT2D eigenvalue weighted by Gasteiger charge is -2.14. The van der Waals surface area contributed by atoms with E-state index in [4.69, 9.17) is 15.2 Å². The summed E-state index contributed by atoms with van der Waals surface area (Å²) in [5.41, 5.74) is 5.80. The molecule has 0 aliphatic carbocycles. The molecule has 0 bridgehead atoms. The van der Waals surface area contributed by atoms with Crippen LogP contribution in [0.3, 0.4) is 0 Å². The van der Waals surface area contributed by atoms with Crippen LogP contribution in [0.5, 0.6) is 17.5 Å². The lowest BCUT2D eigenvalue weighted by Crippen LogP contribution is -2.19. The molecule has 0 fully saturated rings. The van der Waals surface area contributed by atoms with E-state index in [-0.39, 0.29) is 18.2 Å². The smallest absolute Gasteiger partial charge is 0.491 e. The molecule has 0 saturated carbocycles. The van der Waals surface area contributed by atoms with Crippen LogP contribution in [0.4, 0.5) is 13.2 Å². The minimum Gasteiger partial charge on any atom is -0.491 e. The molecular weight excluding hydrogens is 241 g/mol. The van der Waals surface area contributed by atoms with E-state index >= 15 is 0 Å². The molecule has 1 aromatic heterocycles. The van der Waals surface area contributed by atoms with Crippen molar-refractivity contribution >= 4 is 0 Å². The van der Waals surface area contributed by atoms with Crippen LogP contribution in [0.25, 0.3) is 0 Å². The van der Waals surface area contributed by atoms with Gasteiger partial charge in [0.15, 0.2) is 5.75 Å². The van der Waals surface area contributed by atoms with Gasteiger partial charge in [0.1, 0.15) is 0 Å². The monoisotopic (exact) mass is 252 g/mol.